The maximum Gasteiger partial charge on any atom is 0.417 e. The Hall–Kier alpha value is -2.78. The van der Waals surface area contributed by atoms with E-state index in [1.54, 1.807) is 33.8 Å². The van der Waals surface area contributed by atoms with E-state index in [4.69, 9.17) is 4.74 Å². The van der Waals surface area contributed by atoms with Crippen LogP contribution in [0.15, 0.2) is 47.2 Å². The van der Waals surface area contributed by atoms with E-state index in [0.29, 0.717) is 17.5 Å². The van der Waals surface area contributed by atoms with Crippen LogP contribution in [0.25, 0.3) is 0 Å². The Labute approximate surface area is 197 Å². The smallest absolute Gasteiger partial charge is 0.417 e. The minimum atomic E-state index is -4.54. The second-order valence-electron chi connectivity index (χ2n) is 7.90. The molecule has 0 aromatic carbocycles. The van der Waals surface area contributed by atoms with Gasteiger partial charge in [-0.15, -0.1) is 0 Å². The number of aromatic nitrogens is 1. The van der Waals surface area contributed by atoms with Crippen LogP contribution in [0.4, 0.5) is 22.0 Å². The van der Waals surface area contributed by atoms with E-state index >= 15 is 0 Å². The lowest BCUT2D eigenvalue weighted by molar-refractivity contribution is -0.148. The van der Waals surface area contributed by atoms with Gasteiger partial charge in [0.1, 0.15) is 12.3 Å². The average Bonchev–Trinajstić information content (AvgIpc) is 2.76. The molecule has 1 aliphatic heterocycles. The van der Waals surface area contributed by atoms with E-state index in [9.17, 15) is 26.7 Å². The molecule has 2 heterocycles. The fourth-order valence-electron chi connectivity index (χ4n) is 3.33. The van der Waals surface area contributed by atoms with Gasteiger partial charge < -0.3 is 9.64 Å². The van der Waals surface area contributed by atoms with E-state index in [1.165, 1.54) is 0 Å². The molecular formula is C24H32F5N3O2. The van der Waals surface area contributed by atoms with Gasteiger partial charge in [-0.05, 0) is 38.3 Å². The van der Waals surface area contributed by atoms with Crippen molar-refractivity contribution >= 4 is 11.6 Å². The summed E-state index contributed by atoms with van der Waals surface area (Å²) in [4.78, 5) is 22.0. The van der Waals surface area contributed by atoms with Gasteiger partial charge in [0.05, 0.1) is 18.2 Å². The summed E-state index contributed by atoms with van der Waals surface area (Å²) >= 11 is 0. The van der Waals surface area contributed by atoms with Gasteiger partial charge in [-0.2, -0.15) is 13.2 Å². The Kier molecular flexibility index (Phi) is 10.4. The minimum absolute atomic E-state index is 0.0387. The summed E-state index contributed by atoms with van der Waals surface area (Å²) in [5, 5.41) is 0. The number of hydrogen-bond donors (Lipinski definition) is 0. The monoisotopic (exact) mass is 489 g/mol. The van der Waals surface area contributed by atoms with E-state index < -0.39 is 48.5 Å². The molecule has 1 aromatic rings. The number of ether oxygens (including phenoxy) is 1. The average molecular weight is 490 g/mol. The van der Waals surface area contributed by atoms with E-state index in [0.717, 1.165) is 17.0 Å². The van der Waals surface area contributed by atoms with Crippen molar-refractivity contribution in [3.63, 3.8) is 0 Å². The molecule has 1 saturated heterocycles. The largest absolute Gasteiger partial charge is 0.475 e. The predicted octanol–water partition coefficient (Wildman–Crippen LogP) is 6.32. The van der Waals surface area contributed by atoms with Gasteiger partial charge in [-0.3, -0.25) is 4.79 Å². The Morgan fingerprint density at radius 3 is 2.41 bits per heavy atom. The third-order valence-corrected chi connectivity index (χ3v) is 5.12. The molecule has 1 amide bonds. The Morgan fingerprint density at radius 1 is 1.32 bits per heavy atom. The normalized spacial score (nSPS) is 20.9. The molecule has 5 nitrogen and oxygen atoms in total. The van der Waals surface area contributed by atoms with Gasteiger partial charge in [-0.1, -0.05) is 33.4 Å². The zero-order valence-corrected chi connectivity index (χ0v) is 20.3. The molecule has 10 heteroatoms. The standard InChI is InChI=1S/C22H26F5N3O2.C2H6/c1-6-15(5)29-19(13(2)3)20(31)30-12-21(23,24)9-14(4)17(30)11-32-18-8-7-16(10-28-18)22(25,26)27;1-2/h6-8,10,14,17H,2,9,11-12H2,1,3-5H3;1-2H3/b15-6-,29-19?;/t14-,17-;/m1./s1. The maximum absolute atomic E-state index is 14.3. The van der Waals surface area contributed by atoms with Crippen LogP contribution in [0.2, 0.25) is 0 Å². The number of pyridine rings is 1. The summed E-state index contributed by atoms with van der Waals surface area (Å²) in [6.07, 6.45) is -2.71. The first-order valence-electron chi connectivity index (χ1n) is 11.0. The quantitative estimate of drug-likeness (QED) is 0.347. The molecule has 0 bridgehead atoms. The van der Waals surface area contributed by atoms with Crippen LogP contribution >= 0.6 is 0 Å². The van der Waals surface area contributed by atoms with Gasteiger partial charge in [0.15, 0.2) is 0 Å². The number of piperidine rings is 1. The van der Waals surface area contributed by atoms with Gasteiger partial charge >= 0.3 is 6.18 Å². The number of carbonyl (C=O) groups excluding carboxylic acids is 1. The van der Waals surface area contributed by atoms with E-state index in [-0.39, 0.29) is 18.2 Å². The predicted molar refractivity (Wildman–Crippen MR) is 122 cm³/mol. The summed E-state index contributed by atoms with van der Waals surface area (Å²) in [7, 11) is 0. The highest BCUT2D eigenvalue weighted by Crippen LogP contribution is 2.35. The van der Waals surface area contributed by atoms with Crippen molar-refractivity contribution in [2.45, 2.75) is 66.1 Å². The topological polar surface area (TPSA) is 54.8 Å². The minimum Gasteiger partial charge on any atom is -0.475 e. The number of likely N-dealkylation sites (tertiary alicyclic amines) is 1. The first kappa shape index (κ1) is 29.3. The molecule has 0 spiro atoms. The number of nitrogens with zero attached hydrogens (tertiary/aromatic N) is 3. The Morgan fingerprint density at radius 2 is 1.94 bits per heavy atom. The molecule has 1 fully saturated rings. The molecule has 2 rings (SSSR count). The molecule has 34 heavy (non-hydrogen) atoms. The second kappa shape index (κ2) is 12.1. The van der Waals surface area contributed by atoms with Gasteiger partial charge in [-0.25, -0.2) is 18.8 Å². The Balaban J connectivity index is 0.00000281. The molecule has 0 unspecified atom stereocenters. The lowest BCUT2D eigenvalue weighted by Gasteiger charge is -2.43. The van der Waals surface area contributed by atoms with Crippen LogP contribution < -0.4 is 4.74 Å². The van der Waals surface area contributed by atoms with Crippen LogP contribution in [0, 0.1) is 5.92 Å². The highest BCUT2D eigenvalue weighted by Gasteiger charge is 2.47. The molecule has 0 radical (unpaired) electrons. The van der Waals surface area contributed by atoms with Crippen LogP contribution in [0.3, 0.4) is 0 Å². The number of alkyl halides is 5. The molecule has 190 valence electrons. The third-order valence-electron chi connectivity index (χ3n) is 5.12. The van der Waals surface area contributed by atoms with Crippen molar-refractivity contribution in [2.24, 2.45) is 10.9 Å². The highest BCUT2D eigenvalue weighted by molar-refractivity contribution is 6.45. The number of rotatable bonds is 6. The van der Waals surface area contributed by atoms with Crippen molar-refractivity contribution in [1.82, 2.24) is 9.88 Å². The lowest BCUT2D eigenvalue weighted by Crippen LogP contribution is -2.58. The first-order chi connectivity index (χ1) is 15.7. The lowest BCUT2D eigenvalue weighted by atomic mass is 9.88. The van der Waals surface area contributed by atoms with Crippen molar-refractivity contribution in [2.75, 3.05) is 13.2 Å². The zero-order chi connectivity index (χ0) is 26.3. The highest BCUT2D eigenvalue weighted by atomic mass is 19.4. The van der Waals surface area contributed by atoms with Crippen LogP contribution in [0.1, 0.15) is 53.5 Å². The molecule has 1 aliphatic rings. The van der Waals surface area contributed by atoms with Crippen LogP contribution in [0.5, 0.6) is 5.88 Å². The number of amides is 1. The molecular weight excluding hydrogens is 457 g/mol. The summed E-state index contributed by atoms with van der Waals surface area (Å²) in [6.45, 7) is 13.2. The fraction of sp³-hybridized carbons (Fsp3) is 0.542. The maximum atomic E-state index is 14.3. The zero-order valence-electron chi connectivity index (χ0n) is 20.3. The molecule has 2 atom stereocenters. The van der Waals surface area contributed by atoms with E-state index in [2.05, 4.69) is 16.6 Å². The number of carbonyl (C=O) groups is 1. The van der Waals surface area contributed by atoms with Crippen molar-refractivity contribution in [3.05, 3.63) is 47.8 Å². The van der Waals surface area contributed by atoms with Crippen LogP contribution in [-0.2, 0) is 11.0 Å². The summed E-state index contributed by atoms with van der Waals surface area (Å²) in [5.41, 5.74) is -0.131. The molecule has 0 N–H and O–H groups in total. The number of aliphatic imine (C=N–C) groups is 1. The van der Waals surface area contributed by atoms with Crippen molar-refractivity contribution in [1.29, 1.82) is 0 Å². The molecule has 1 aromatic heterocycles. The first-order valence-corrected chi connectivity index (χ1v) is 11.0. The number of allylic oxidation sites excluding steroid dienone is 2. The van der Waals surface area contributed by atoms with Crippen molar-refractivity contribution in [3.8, 4) is 5.88 Å². The van der Waals surface area contributed by atoms with Gasteiger partial charge in [0.25, 0.3) is 11.8 Å². The SMILES string of the molecule is C=C(C)C(=N/C(C)=C\C)C(=O)N1CC(F)(F)C[C@@H](C)[C@H]1COc1ccc(C(F)(F)F)cn1.CC. The fourth-order valence-corrected chi connectivity index (χ4v) is 3.33. The molecule has 0 saturated carbocycles. The third kappa shape index (κ3) is 7.92. The Bertz CT molecular complexity index is 908. The van der Waals surface area contributed by atoms with Gasteiger partial charge in [0.2, 0.25) is 5.88 Å². The molecule has 0 aliphatic carbocycles. The summed E-state index contributed by atoms with van der Waals surface area (Å²) in [6, 6.07) is 1.10. The summed E-state index contributed by atoms with van der Waals surface area (Å²) < 4.78 is 72.2. The van der Waals surface area contributed by atoms with Crippen LogP contribution in [-0.4, -0.2) is 46.6 Å². The summed E-state index contributed by atoms with van der Waals surface area (Å²) in [5.74, 6) is -4.56. The van der Waals surface area contributed by atoms with E-state index in [1.807, 2.05) is 13.8 Å². The van der Waals surface area contributed by atoms with Crippen molar-refractivity contribution < 1.29 is 31.5 Å². The number of halogens is 5. The second-order valence-corrected chi connectivity index (χ2v) is 7.90. The van der Waals surface area contributed by atoms with Gasteiger partial charge in [0, 0.05) is 24.4 Å². The number of hydrogen-bond acceptors (Lipinski definition) is 4.